The number of nitrogens with zero attached hydrogens (tertiary/aromatic N) is 3. The lowest BCUT2D eigenvalue weighted by atomic mass is 10.1. The summed E-state index contributed by atoms with van der Waals surface area (Å²) in [4.78, 5) is 21.7. The van der Waals surface area contributed by atoms with Crippen LogP contribution in [0.1, 0.15) is 11.1 Å². The van der Waals surface area contributed by atoms with E-state index >= 15 is 0 Å². The highest BCUT2D eigenvalue weighted by atomic mass is 16.5. The Morgan fingerprint density at radius 2 is 1.77 bits per heavy atom. The van der Waals surface area contributed by atoms with Gasteiger partial charge in [-0.15, -0.1) is 0 Å². The first-order chi connectivity index (χ1) is 15.1. The highest BCUT2D eigenvalue weighted by molar-refractivity contribution is 5.92. The first kappa shape index (κ1) is 20.7. The van der Waals surface area contributed by atoms with E-state index in [9.17, 15) is 4.79 Å². The number of ether oxygens (including phenoxy) is 2. The average Bonchev–Trinajstić information content (AvgIpc) is 2.82. The lowest BCUT2D eigenvalue weighted by molar-refractivity contribution is -0.126. The Morgan fingerprint density at radius 1 is 1.00 bits per heavy atom. The van der Waals surface area contributed by atoms with Gasteiger partial charge in [-0.05, 0) is 48.9 Å². The van der Waals surface area contributed by atoms with Crippen LogP contribution in [0.15, 0.2) is 54.6 Å². The van der Waals surface area contributed by atoms with Crippen LogP contribution >= 0.6 is 0 Å². The van der Waals surface area contributed by atoms with Crippen LogP contribution in [0.5, 0.6) is 11.5 Å². The minimum absolute atomic E-state index is 0.00725. The molecule has 2 heterocycles. The maximum atomic E-state index is 12.7. The number of hydrogen-bond acceptors (Lipinski definition) is 5. The number of fused-ring (bicyclic) bond motifs is 1. The van der Waals surface area contributed by atoms with E-state index in [0.717, 1.165) is 35.7 Å². The number of aromatic nitrogens is 1. The molecule has 160 valence electrons. The van der Waals surface area contributed by atoms with Crippen molar-refractivity contribution in [1.82, 2.24) is 9.88 Å². The van der Waals surface area contributed by atoms with Crippen molar-refractivity contribution in [1.29, 1.82) is 0 Å². The molecule has 0 aliphatic carbocycles. The van der Waals surface area contributed by atoms with Gasteiger partial charge in [-0.2, -0.15) is 0 Å². The van der Waals surface area contributed by atoms with Crippen molar-refractivity contribution in [2.45, 2.75) is 6.92 Å². The van der Waals surface area contributed by atoms with Crippen molar-refractivity contribution in [3.63, 3.8) is 0 Å². The van der Waals surface area contributed by atoms with E-state index in [1.54, 1.807) is 26.4 Å². The summed E-state index contributed by atoms with van der Waals surface area (Å²) in [6.07, 6.45) is 3.38. The van der Waals surface area contributed by atoms with Crippen molar-refractivity contribution in [3.05, 3.63) is 65.7 Å². The topological polar surface area (TPSA) is 54.9 Å². The van der Waals surface area contributed by atoms with Crippen LogP contribution in [0.3, 0.4) is 0 Å². The van der Waals surface area contributed by atoms with Crippen molar-refractivity contribution in [2.75, 3.05) is 45.3 Å². The minimum atomic E-state index is -0.00725. The summed E-state index contributed by atoms with van der Waals surface area (Å²) >= 11 is 0. The Hall–Kier alpha value is -3.54. The Morgan fingerprint density at radius 3 is 2.52 bits per heavy atom. The van der Waals surface area contributed by atoms with Crippen molar-refractivity contribution < 1.29 is 14.3 Å². The van der Waals surface area contributed by atoms with Crippen LogP contribution < -0.4 is 14.4 Å². The summed E-state index contributed by atoms with van der Waals surface area (Å²) in [6, 6.07) is 15.8. The van der Waals surface area contributed by atoms with E-state index in [0.29, 0.717) is 18.8 Å². The summed E-state index contributed by atoms with van der Waals surface area (Å²) in [6.45, 7) is 4.95. The van der Waals surface area contributed by atoms with Gasteiger partial charge in [-0.3, -0.25) is 4.79 Å². The van der Waals surface area contributed by atoms with Gasteiger partial charge in [0.2, 0.25) is 5.91 Å². The zero-order valence-corrected chi connectivity index (χ0v) is 18.2. The molecule has 2 aromatic carbocycles. The molecule has 0 atom stereocenters. The lowest BCUT2D eigenvalue weighted by Gasteiger charge is -2.35. The molecular formula is C25H27N3O3. The minimum Gasteiger partial charge on any atom is -0.497 e. The lowest BCUT2D eigenvalue weighted by Crippen LogP contribution is -2.48. The Labute approximate surface area is 182 Å². The summed E-state index contributed by atoms with van der Waals surface area (Å²) in [5.41, 5.74) is 3.03. The fraction of sp³-hybridized carbons (Fsp3) is 0.280. The second-order valence-corrected chi connectivity index (χ2v) is 7.57. The maximum Gasteiger partial charge on any atom is 0.246 e. The third-order valence-electron chi connectivity index (χ3n) is 5.67. The van der Waals surface area contributed by atoms with Gasteiger partial charge in [0.1, 0.15) is 17.3 Å². The van der Waals surface area contributed by atoms with Crippen LogP contribution in [0.4, 0.5) is 5.82 Å². The first-order valence-electron chi connectivity index (χ1n) is 10.4. The van der Waals surface area contributed by atoms with Crippen molar-refractivity contribution in [2.24, 2.45) is 0 Å². The second kappa shape index (κ2) is 9.08. The molecule has 0 spiro atoms. The molecule has 3 aromatic rings. The normalized spacial score (nSPS) is 14.3. The molecule has 1 aromatic heterocycles. The first-order valence-corrected chi connectivity index (χ1v) is 10.4. The summed E-state index contributed by atoms with van der Waals surface area (Å²) in [5.74, 6) is 2.39. The maximum absolute atomic E-state index is 12.7. The van der Waals surface area contributed by atoms with Crippen LogP contribution in [-0.2, 0) is 4.79 Å². The number of hydrogen-bond donors (Lipinski definition) is 0. The van der Waals surface area contributed by atoms with Crippen molar-refractivity contribution >= 4 is 28.7 Å². The Kier molecular flexibility index (Phi) is 6.07. The van der Waals surface area contributed by atoms with Crippen LogP contribution in [-0.4, -0.2) is 56.2 Å². The van der Waals surface area contributed by atoms with E-state index in [1.807, 2.05) is 41.3 Å². The molecular weight excluding hydrogens is 390 g/mol. The van der Waals surface area contributed by atoms with Gasteiger partial charge in [0.05, 0.1) is 19.7 Å². The van der Waals surface area contributed by atoms with E-state index in [4.69, 9.17) is 14.5 Å². The molecule has 31 heavy (non-hydrogen) atoms. The third-order valence-corrected chi connectivity index (χ3v) is 5.67. The molecule has 6 heteroatoms. The number of benzene rings is 2. The van der Waals surface area contributed by atoms with Crippen LogP contribution in [0.2, 0.25) is 0 Å². The zero-order chi connectivity index (χ0) is 21.8. The largest absolute Gasteiger partial charge is 0.497 e. The highest BCUT2D eigenvalue weighted by Gasteiger charge is 2.21. The predicted molar refractivity (Wildman–Crippen MR) is 124 cm³/mol. The molecule has 1 aliphatic rings. The quantitative estimate of drug-likeness (QED) is 0.589. The fourth-order valence-corrected chi connectivity index (χ4v) is 3.89. The van der Waals surface area contributed by atoms with Crippen molar-refractivity contribution in [3.8, 4) is 11.5 Å². The molecule has 1 fully saturated rings. The van der Waals surface area contributed by atoms with E-state index in [1.165, 1.54) is 10.9 Å². The SMILES string of the molecule is COc1ccc(OC)c(/C=C/C(=O)N2CCN(c3cc(C)c4ccccc4n3)CC2)c1. The molecule has 1 saturated heterocycles. The molecule has 4 rings (SSSR count). The summed E-state index contributed by atoms with van der Waals surface area (Å²) in [5, 5.41) is 1.18. The average molecular weight is 418 g/mol. The number of methoxy groups -OCH3 is 2. The van der Waals surface area contributed by atoms with Gasteiger partial charge in [-0.1, -0.05) is 18.2 Å². The molecule has 0 unspecified atom stereocenters. The van der Waals surface area contributed by atoms with E-state index < -0.39 is 0 Å². The van der Waals surface area contributed by atoms with E-state index in [2.05, 4.69) is 24.0 Å². The number of rotatable bonds is 5. The number of carbonyl (C=O) groups is 1. The molecule has 0 N–H and O–H groups in total. The standard InChI is InChI=1S/C25H27N3O3/c1-18-16-24(26-22-7-5-4-6-21(18)22)27-12-14-28(15-13-27)25(29)11-8-19-17-20(30-2)9-10-23(19)31-3/h4-11,16-17H,12-15H2,1-3H3/b11-8+. The number of anilines is 1. The molecule has 0 bridgehead atoms. The van der Waals surface area contributed by atoms with Gasteiger partial charge >= 0.3 is 0 Å². The number of piperazine rings is 1. The summed E-state index contributed by atoms with van der Waals surface area (Å²) in [7, 11) is 3.23. The Bertz CT molecular complexity index is 1120. The van der Waals surface area contributed by atoms with Gasteiger partial charge in [0, 0.05) is 43.2 Å². The smallest absolute Gasteiger partial charge is 0.246 e. The number of para-hydroxylation sites is 1. The molecule has 1 aliphatic heterocycles. The fourth-order valence-electron chi connectivity index (χ4n) is 3.89. The highest BCUT2D eigenvalue weighted by Crippen LogP contribution is 2.26. The molecule has 6 nitrogen and oxygen atoms in total. The van der Waals surface area contributed by atoms with Gasteiger partial charge in [-0.25, -0.2) is 4.98 Å². The van der Waals surface area contributed by atoms with Crippen LogP contribution in [0, 0.1) is 6.92 Å². The van der Waals surface area contributed by atoms with E-state index in [-0.39, 0.29) is 5.91 Å². The van der Waals surface area contributed by atoms with Gasteiger partial charge in [0.15, 0.2) is 0 Å². The third kappa shape index (κ3) is 4.48. The molecule has 0 saturated carbocycles. The number of carbonyl (C=O) groups excluding carboxylic acids is 1. The Balaban J connectivity index is 1.42. The van der Waals surface area contributed by atoms with Gasteiger partial charge in [0.25, 0.3) is 0 Å². The molecule has 0 radical (unpaired) electrons. The second-order valence-electron chi connectivity index (χ2n) is 7.57. The predicted octanol–water partition coefficient (Wildman–Crippen LogP) is 3.92. The number of aryl methyl sites for hydroxylation is 1. The molecule has 1 amide bonds. The number of pyridine rings is 1. The zero-order valence-electron chi connectivity index (χ0n) is 18.2. The summed E-state index contributed by atoms with van der Waals surface area (Å²) < 4.78 is 10.7. The monoisotopic (exact) mass is 417 g/mol. The van der Waals surface area contributed by atoms with Crippen LogP contribution in [0.25, 0.3) is 17.0 Å². The number of amides is 1. The van der Waals surface area contributed by atoms with Gasteiger partial charge < -0.3 is 19.3 Å².